The SMILES string of the molecule is c1ccc(-c2ccc(-c3cc(-c4ccc(-c5ccccc5)cc4)nc(-n4c5ccccc5c5cc6c7ccccc7c7nc8ccccc8n7c6cc54)n3)cc2)cc1. The van der Waals surface area contributed by atoms with Crippen molar-refractivity contribution in [2.75, 3.05) is 0 Å². The number of rotatable bonds is 5. The van der Waals surface area contributed by atoms with Crippen LogP contribution in [0.4, 0.5) is 0 Å². The molecule has 12 rings (SSSR count). The molecule has 12 aromatic rings. The Balaban J connectivity index is 1.13. The van der Waals surface area contributed by atoms with Crippen LogP contribution in [0.5, 0.6) is 0 Å². The largest absolute Gasteiger partial charge is 0.292 e. The molecule has 270 valence electrons. The summed E-state index contributed by atoms with van der Waals surface area (Å²) in [6, 6.07) is 70.8. The quantitative estimate of drug-likeness (QED) is 0.165. The number of benzene rings is 8. The van der Waals surface area contributed by atoms with Gasteiger partial charge in [-0.3, -0.25) is 8.97 Å². The van der Waals surface area contributed by atoms with Gasteiger partial charge in [0.25, 0.3) is 0 Å². The Morgan fingerprint density at radius 3 is 1.41 bits per heavy atom. The number of pyridine rings is 1. The predicted molar refractivity (Wildman–Crippen MR) is 239 cm³/mol. The van der Waals surface area contributed by atoms with Crippen molar-refractivity contribution in [3.63, 3.8) is 0 Å². The van der Waals surface area contributed by atoms with E-state index in [1.807, 2.05) is 12.1 Å². The topological polar surface area (TPSA) is 48.0 Å². The highest BCUT2D eigenvalue weighted by atomic mass is 15.2. The third-order valence-corrected chi connectivity index (χ3v) is 11.5. The van der Waals surface area contributed by atoms with E-state index in [4.69, 9.17) is 15.0 Å². The van der Waals surface area contributed by atoms with Crippen LogP contribution in [0.1, 0.15) is 0 Å². The van der Waals surface area contributed by atoms with Crippen molar-refractivity contribution in [3.05, 3.63) is 200 Å². The van der Waals surface area contributed by atoms with E-state index in [1.165, 1.54) is 21.9 Å². The first-order valence-corrected chi connectivity index (χ1v) is 19.6. The highest BCUT2D eigenvalue weighted by Crippen LogP contribution is 2.39. The Labute approximate surface area is 333 Å². The molecule has 58 heavy (non-hydrogen) atoms. The lowest BCUT2D eigenvalue weighted by molar-refractivity contribution is 0.996. The van der Waals surface area contributed by atoms with Crippen LogP contribution in [-0.2, 0) is 0 Å². The van der Waals surface area contributed by atoms with Crippen molar-refractivity contribution in [3.8, 4) is 50.7 Å². The van der Waals surface area contributed by atoms with Gasteiger partial charge in [-0.05, 0) is 64.0 Å². The molecule has 0 aliphatic rings. The van der Waals surface area contributed by atoms with Crippen LogP contribution < -0.4 is 0 Å². The second-order valence-electron chi connectivity index (χ2n) is 14.9. The summed E-state index contributed by atoms with van der Waals surface area (Å²) in [4.78, 5) is 16.0. The molecule has 0 spiro atoms. The molecule has 5 nitrogen and oxygen atoms in total. The molecule has 0 unspecified atom stereocenters. The Morgan fingerprint density at radius 2 is 0.776 bits per heavy atom. The molecule has 0 N–H and O–H groups in total. The van der Waals surface area contributed by atoms with E-state index in [9.17, 15) is 0 Å². The number of nitrogens with zero attached hydrogens (tertiary/aromatic N) is 5. The second kappa shape index (κ2) is 12.8. The number of para-hydroxylation sites is 3. The van der Waals surface area contributed by atoms with E-state index >= 15 is 0 Å². The van der Waals surface area contributed by atoms with E-state index < -0.39 is 0 Å². The molecular formula is C53H33N5. The zero-order chi connectivity index (χ0) is 38.2. The lowest BCUT2D eigenvalue weighted by Gasteiger charge is -2.13. The van der Waals surface area contributed by atoms with Gasteiger partial charge in [-0.1, -0.05) is 164 Å². The van der Waals surface area contributed by atoms with Crippen LogP contribution in [-0.4, -0.2) is 23.9 Å². The summed E-state index contributed by atoms with van der Waals surface area (Å²) in [5.41, 5.74) is 14.6. The summed E-state index contributed by atoms with van der Waals surface area (Å²) >= 11 is 0. The van der Waals surface area contributed by atoms with Gasteiger partial charge in [0.2, 0.25) is 5.95 Å². The molecular weight excluding hydrogens is 707 g/mol. The minimum Gasteiger partial charge on any atom is -0.292 e. The van der Waals surface area contributed by atoms with Gasteiger partial charge in [-0.2, -0.15) is 0 Å². The van der Waals surface area contributed by atoms with Crippen molar-refractivity contribution in [1.82, 2.24) is 23.9 Å². The fraction of sp³-hybridized carbons (Fsp3) is 0. The molecule has 0 aliphatic carbocycles. The first kappa shape index (κ1) is 32.4. The van der Waals surface area contributed by atoms with Crippen LogP contribution in [0.2, 0.25) is 0 Å². The smallest absolute Gasteiger partial charge is 0.235 e. The molecule has 0 amide bonds. The predicted octanol–water partition coefficient (Wildman–Crippen LogP) is 13.3. The zero-order valence-electron chi connectivity index (χ0n) is 31.3. The summed E-state index contributed by atoms with van der Waals surface area (Å²) < 4.78 is 4.56. The number of hydrogen-bond donors (Lipinski definition) is 0. The molecule has 5 heteroatoms. The minimum absolute atomic E-state index is 0.616. The van der Waals surface area contributed by atoms with E-state index in [0.29, 0.717) is 5.95 Å². The average Bonchev–Trinajstić information content (AvgIpc) is 3.85. The lowest BCUT2D eigenvalue weighted by atomic mass is 10.0. The van der Waals surface area contributed by atoms with Crippen LogP contribution >= 0.6 is 0 Å². The Kier molecular flexibility index (Phi) is 7.16. The Bertz CT molecular complexity index is 3430. The summed E-state index contributed by atoms with van der Waals surface area (Å²) in [5, 5.41) is 5.78. The zero-order valence-corrected chi connectivity index (χ0v) is 31.3. The van der Waals surface area contributed by atoms with E-state index in [0.717, 1.165) is 83.0 Å². The molecule has 0 saturated carbocycles. The minimum atomic E-state index is 0.616. The molecule has 0 aliphatic heterocycles. The van der Waals surface area contributed by atoms with Crippen LogP contribution in [0.25, 0.3) is 111 Å². The monoisotopic (exact) mass is 739 g/mol. The fourth-order valence-corrected chi connectivity index (χ4v) is 8.74. The summed E-state index contributed by atoms with van der Waals surface area (Å²) in [6.07, 6.45) is 0. The van der Waals surface area contributed by atoms with Gasteiger partial charge >= 0.3 is 0 Å². The van der Waals surface area contributed by atoms with Crippen molar-refractivity contribution >= 4 is 60.2 Å². The van der Waals surface area contributed by atoms with Crippen molar-refractivity contribution < 1.29 is 0 Å². The number of aromatic nitrogens is 5. The maximum Gasteiger partial charge on any atom is 0.235 e. The van der Waals surface area contributed by atoms with Gasteiger partial charge < -0.3 is 0 Å². The van der Waals surface area contributed by atoms with Crippen molar-refractivity contribution in [2.24, 2.45) is 0 Å². The molecule has 4 aromatic heterocycles. The highest BCUT2D eigenvalue weighted by Gasteiger charge is 2.21. The maximum absolute atomic E-state index is 5.40. The number of fused-ring (bicyclic) bond motifs is 11. The summed E-state index contributed by atoms with van der Waals surface area (Å²) in [6.45, 7) is 0. The number of hydrogen-bond acceptors (Lipinski definition) is 3. The molecule has 0 fully saturated rings. The van der Waals surface area contributed by atoms with Gasteiger partial charge in [0.05, 0.1) is 39.0 Å². The third-order valence-electron chi connectivity index (χ3n) is 11.5. The van der Waals surface area contributed by atoms with Gasteiger partial charge in [0, 0.05) is 32.7 Å². The Morgan fingerprint density at radius 1 is 0.293 bits per heavy atom. The summed E-state index contributed by atoms with van der Waals surface area (Å²) in [7, 11) is 0. The van der Waals surface area contributed by atoms with Gasteiger partial charge in [0.1, 0.15) is 5.65 Å². The van der Waals surface area contributed by atoms with E-state index in [1.54, 1.807) is 0 Å². The first-order chi connectivity index (χ1) is 28.7. The van der Waals surface area contributed by atoms with Crippen LogP contribution in [0.15, 0.2) is 200 Å². The molecule has 0 saturated heterocycles. The summed E-state index contributed by atoms with van der Waals surface area (Å²) in [5.74, 6) is 0.616. The maximum atomic E-state index is 5.40. The molecule has 0 bridgehead atoms. The molecule has 4 heterocycles. The van der Waals surface area contributed by atoms with E-state index in [-0.39, 0.29) is 0 Å². The van der Waals surface area contributed by atoms with Crippen molar-refractivity contribution in [2.45, 2.75) is 0 Å². The normalized spacial score (nSPS) is 11.8. The van der Waals surface area contributed by atoms with E-state index in [2.05, 4.69) is 197 Å². The van der Waals surface area contributed by atoms with Gasteiger partial charge in [0.15, 0.2) is 0 Å². The third kappa shape index (κ3) is 5.07. The first-order valence-electron chi connectivity index (χ1n) is 19.6. The molecule has 0 radical (unpaired) electrons. The molecule has 8 aromatic carbocycles. The van der Waals surface area contributed by atoms with Crippen LogP contribution in [0.3, 0.4) is 0 Å². The Hall–Kier alpha value is -7.89. The van der Waals surface area contributed by atoms with Gasteiger partial charge in [-0.15, -0.1) is 0 Å². The second-order valence-corrected chi connectivity index (χ2v) is 14.9. The van der Waals surface area contributed by atoms with Crippen molar-refractivity contribution in [1.29, 1.82) is 0 Å². The fourth-order valence-electron chi connectivity index (χ4n) is 8.74. The molecule has 0 atom stereocenters. The van der Waals surface area contributed by atoms with Crippen LogP contribution in [0, 0.1) is 0 Å². The average molecular weight is 740 g/mol. The highest BCUT2D eigenvalue weighted by molar-refractivity contribution is 6.20. The van der Waals surface area contributed by atoms with Gasteiger partial charge in [-0.25, -0.2) is 15.0 Å². The standard InChI is InChI=1S/C53H33N5/c1-3-13-34(14-4-1)36-23-27-38(28-24-36)46-32-47(39-29-25-37(26-30-39)35-15-5-2-6-16-35)56-53(55-46)58-48-21-11-9-18-41(48)44-31-43-40-17-7-8-19-42(40)52-54-45-20-10-12-22-49(45)57(52)50(43)33-51(44)58/h1-33H. The number of imidazole rings is 1. The lowest BCUT2D eigenvalue weighted by Crippen LogP contribution is -2.04.